The Kier molecular flexibility index (Phi) is 8.28. The fraction of sp³-hybridized carbons (Fsp3) is 0.588. The van der Waals surface area contributed by atoms with E-state index in [9.17, 15) is 4.79 Å². The Morgan fingerprint density at radius 2 is 2.23 bits per heavy atom. The van der Waals surface area contributed by atoms with Gasteiger partial charge in [-0.15, -0.1) is 12.4 Å². The number of carbonyl (C=O) groups excluding carboxylic acids is 1. The van der Waals surface area contributed by atoms with Crippen molar-refractivity contribution in [1.82, 2.24) is 10.6 Å². The molecular formula is C17H27ClN2O2. The number of carbonyl (C=O) groups is 1. The van der Waals surface area contributed by atoms with Crippen molar-refractivity contribution >= 4 is 18.3 Å². The molecule has 1 atom stereocenters. The minimum atomic E-state index is 0. The number of ether oxygens (including phenoxy) is 1. The Morgan fingerprint density at radius 3 is 2.95 bits per heavy atom. The highest BCUT2D eigenvalue weighted by Gasteiger charge is 2.13. The van der Waals surface area contributed by atoms with Crippen LogP contribution in [0.3, 0.4) is 0 Å². The number of rotatable bonds is 6. The van der Waals surface area contributed by atoms with Crippen LogP contribution in [0.15, 0.2) is 18.2 Å². The first kappa shape index (κ1) is 18.8. The van der Waals surface area contributed by atoms with E-state index in [0.717, 1.165) is 30.9 Å². The highest BCUT2D eigenvalue weighted by molar-refractivity contribution is 5.85. The minimum Gasteiger partial charge on any atom is -0.493 e. The van der Waals surface area contributed by atoms with E-state index in [4.69, 9.17) is 4.74 Å². The summed E-state index contributed by atoms with van der Waals surface area (Å²) in [5.74, 6) is 1.52. The first-order chi connectivity index (χ1) is 10.1. The summed E-state index contributed by atoms with van der Waals surface area (Å²) in [5.41, 5.74) is 2.28. The molecule has 22 heavy (non-hydrogen) atoms. The molecule has 1 fully saturated rings. The van der Waals surface area contributed by atoms with E-state index in [1.807, 2.05) is 26.0 Å². The fourth-order valence-corrected chi connectivity index (χ4v) is 2.56. The average Bonchev–Trinajstić information content (AvgIpc) is 2.50. The lowest BCUT2D eigenvalue weighted by Crippen LogP contribution is -2.38. The molecule has 0 bridgehead atoms. The SMILES string of the molecule is Cc1ccc(C)c(OCCC(=O)NCC2CCCNC2)c1.Cl. The first-order valence-corrected chi connectivity index (χ1v) is 7.82. The molecule has 1 saturated heterocycles. The average molecular weight is 327 g/mol. The second-order valence-corrected chi connectivity index (χ2v) is 5.88. The molecule has 2 N–H and O–H groups in total. The minimum absolute atomic E-state index is 0. The Morgan fingerprint density at radius 1 is 1.41 bits per heavy atom. The third-order valence-corrected chi connectivity index (χ3v) is 3.92. The maximum Gasteiger partial charge on any atom is 0.223 e. The summed E-state index contributed by atoms with van der Waals surface area (Å²) in [6.07, 6.45) is 2.82. The molecule has 4 nitrogen and oxygen atoms in total. The van der Waals surface area contributed by atoms with E-state index < -0.39 is 0 Å². The zero-order chi connectivity index (χ0) is 15.1. The number of aryl methyl sites for hydroxylation is 2. The van der Waals surface area contributed by atoms with Crippen LogP contribution in [0.2, 0.25) is 0 Å². The van der Waals surface area contributed by atoms with Gasteiger partial charge < -0.3 is 15.4 Å². The molecule has 1 unspecified atom stereocenters. The van der Waals surface area contributed by atoms with E-state index in [-0.39, 0.29) is 18.3 Å². The third-order valence-electron chi connectivity index (χ3n) is 3.92. The summed E-state index contributed by atoms with van der Waals surface area (Å²) in [6.45, 7) is 7.38. The first-order valence-electron chi connectivity index (χ1n) is 7.82. The third kappa shape index (κ3) is 6.24. The van der Waals surface area contributed by atoms with E-state index in [0.29, 0.717) is 18.9 Å². The maximum atomic E-state index is 11.8. The summed E-state index contributed by atoms with van der Waals surface area (Å²) in [4.78, 5) is 11.8. The van der Waals surface area contributed by atoms with E-state index in [1.165, 1.54) is 18.4 Å². The molecule has 0 aliphatic carbocycles. The molecule has 1 aromatic carbocycles. The normalized spacial score (nSPS) is 17.5. The van der Waals surface area contributed by atoms with Gasteiger partial charge in [0.05, 0.1) is 13.0 Å². The number of amides is 1. The van der Waals surface area contributed by atoms with Gasteiger partial charge in [-0.3, -0.25) is 4.79 Å². The van der Waals surface area contributed by atoms with Gasteiger partial charge in [-0.05, 0) is 62.9 Å². The Balaban J connectivity index is 0.00000242. The standard InChI is InChI=1S/C17H26N2O2.ClH/c1-13-5-6-14(2)16(10-13)21-9-7-17(20)19-12-15-4-3-8-18-11-15;/h5-6,10,15,18H,3-4,7-9,11-12H2,1-2H3,(H,19,20);1H. The monoisotopic (exact) mass is 326 g/mol. The molecule has 5 heteroatoms. The van der Waals surface area contributed by atoms with Gasteiger partial charge in [0.2, 0.25) is 5.91 Å². The Bertz CT molecular complexity index is 474. The summed E-state index contributed by atoms with van der Waals surface area (Å²) >= 11 is 0. The predicted molar refractivity (Wildman–Crippen MR) is 91.9 cm³/mol. The summed E-state index contributed by atoms with van der Waals surface area (Å²) in [6, 6.07) is 6.12. The molecule has 2 rings (SSSR count). The van der Waals surface area contributed by atoms with Crippen LogP contribution in [0.25, 0.3) is 0 Å². The van der Waals surface area contributed by atoms with Gasteiger partial charge >= 0.3 is 0 Å². The summed E-state index contributed by atoms with van der Waals surface area (Å²) < 4.78 is 5.71. The van der Waals surface area contributed by atoms with Gasteiger partial charge in [0, 0.05) is 6.54 Å². The molecule has 1 amide bonds. The molecule has 1 heterocycles. The highest BCUT2D eigenvalue weighted by atomic mass is 35.5. The van der Waals surface area contributed by atoms with Crippen LogP contribution in [-0.4, -0.2) is 32.1 Å². The topological polar surface area (TPSA) is 50.4 Å². The van der Waals surface area contributed by atoms with Crippen LogP contribution in [0.5, 0.6) is 5.75 Å². The van der Waals surface area contributed by atoms with Crippen LogP contribution in [-0.2, 0) is 4.79 Å². The lowest BCUT2D eigenvalue weighted by molar-refractivity contribution is -0.121. The molecule has 0 radical (unpaired) electrons. The number of hydrogen-bond donors (Lipinski definition) is 2. The van der Waals surface area contributed by atoms with Crippen LogP contribution in [0, 0.1) is 19.8 Å². The Labute approximate surface area is 139 Å². The summed E-state index contributed by atoms with van der Waals surface area (Å²) in [7, 11) is 0. The number of hydrogen-bond acceptors (Lipinski definition) is 3. The van der Waals surface area contributed by atoms with Gasteiger partial charge in [0.15, 0.2) is 0 Å². The number of halogens is 1. The Hall–Kier alpha value is -1.26. The summed E-state index contributed by atoms with van der Waals surface area (Å²) in [5, 5.41) is 6.36. The zero-order valence-corrected chi connectivity index (χ0v) is 14.3. The molecule has 1 aromatic rings. The highest BCUT2D eigenvalue weighted by Crippen LogP contribution is 2.19. The van der Waals surface area contributed by atoms with Crippen molar-refractivity contribution in [3.8, 4) is 5.75 Å². The van der Waals surface area contributed by atoms with Gasteiger partial charge in [0.1, 0.15) is 5.75 Å². The number of benzene rings is 1. The quantitative estimate of drug-likeness (QED) is 0.845. The van der Waals surface area contributed by atoms with E-state index in [1.54, 1.807) is 0 Å². The van der Waals surface area contributed by atoms with Crippen molar-refractivity contribution in [3.63, 3.8) is 0 Å². The van der Waals surface area contributed by atoms with Crippen LogP contribution in [0.4, 0.5) is 0 Å². The number of piperidine rings is 1. The molecule has 0 spiro atoms. The predicted octanol–water partition coefficient (Wildman–Crippen LogP) is 2.61. The van der Waals surface area contributed by atoms with Crippen molar-refractivity contribution in [1.29, 1.82) is 0 Å². The number of nitrogens with one attached hydrogen (secondary N) is 2. The van der Waals surface area contributed by atoms with Gasteiger partial charge in [-0.25, -0.2) is 0 Å². The molecule has 1 aliphatic rings. The lowest BCUT2D eigenvalue weighted by Gasteiger charge is -2.22. The van der Waals surface area contributed by atoms with E-state index >= 15 is 0 Å². The molecule has 1 aliphatic heterocycles. The lowest BCUT2D eigenvalue weighted by atomic mass is 10.00. The van der Waals surface area contributed by atoms with Crippen molar-refractivity contribution in [2.75, 3.05) is 26.2 Å². The molecule has 0 saturated carbocycles. The van der Waals surface area contributed by atoms with Crippen LogP contribution in [0.1, 0.15) is 30.4 Å². The van der Waals surface area contributed by atoms with Crippen molar-refractivity contribution < 1.29 is 9.53 Å². The fourth-order valence-electron chi connectivity index (χ4n) is 2.56. The van der Waals surface area contributed by atoms with Gasteiger partial charge in [0.25, 0.3) is 0 Å². The zero-order valence-electron chi connectivity index (χ0n) is 13.5. The van der Waals surface area contributed by atoms with Crippen LogP contribution < -0.4 is 15.4 Å². The molecule has 0 aromatic heterocycles. The van der Waals surface area contributed by atoms with Crippen molar-refractivity contribution in [2.45, 2.75) is 33.1 Å². The van der Waals surface area contributed by atoms with Crippen molar-refractivity contribution in [2.24, 2.45) is 5.92 Å². The molecule has 124 valence electrons. The van der Waals surface area contributed by atoms with Crippen LogP contribution >= 0.6 is 12.4 Å². The van der Waals surface area contributed by atoms with Gasteiger partial charge in [-0.2, -0.15) is 0 Å². The van der Waals surface area contributed by atoms with E-state index in [2.05, 4.69) is 16.7 Å². The second-order valence-electron chi connectivity index (χ2n) is 5.88. The molecular weight excluding hydrogens is 300 g/mol. The smallest absolute Gasteiger partial charge is 0.223 e. The second kappa shape index (κ2) is 9.70. The van der Waals surface area contributed by atoms with Crippen molar-refractivity contribution in [3.05, 3.63) is 29.3 Å². The maximum absolute atomic E-state index is 11.8. The van der Waals surface area contributed by atoms with Gasteiger partial charge in [-0.1, -0.05) is 12.1 Å². The largest absolute Gasteiger partial charge is 0.493 e.